The van der Waals surface area contributed by atoms with Crippen LogP contribution in [0.3, 0.4) is 0 Å². The molecule has 0 aliphatic carbocycles. The molecule has 0 bridgehead atoms. The van der Waals surface area contributed by atoms with Gasteiger partial charge in [0, 0.05) is 6.07 Å². The predicted molar refractivity (Wildman–Crippen MR) is 102 cm³/mol. The zero-order valence-electron chi connectivity index (χ0n) is 15.7. The molecule has 0 saturated carbocycles. The molecule has 1 aliphatic heterocycles. The Labute approximate surface area is 147 Å². The Morgan fingerprint density at radius 3 is 2.83 bits per heavy atom. The maximum atomic E-state index is 5.93. The van der Waals surface area contributed by atoms with Gasteiger partial charge in [-0.3, -0.25) is 0 Å². The van der Waals surface area contributed by atoms with Crippen molar-refractivity contribution in [3.05, 3.63) is 47.1 Å². The Morgan fingerprint density at radius 1 is 1.25 bits per heavy atom. The van der Waals surface area contributed by atoms with E-state index < -0.39 is 0 Å². The van der Waals surface area contributed by atoms with Gasteiger partial charge in [-0.1, -0.05) is 44.1 Å². The van der Waals surface area contributed by atoms with Crippen molar-refractivity contribution in [1.82, 2.24) is 0 Å². The van der Waals surface area contributed by atoms with Crippen molar-refractivity contribution in [3.8, 4) is 11.5 Å². The minimum Gasteiger partial charge on any atom is -0.493 e. The minimum atomic E-state index is 0.576. The zero-order valence-corrected chi connectivity index (χ0v) is 15.7. The maximum absolute atomic E-state index is 5.93. The Bertz CT molecular complexity index is 584. The van der Waals surface area contributed by atoms with E-state index in [1.807, 2.05) is 6.07 Å². The first kappa shape index (κ1) is 18.6. The average Bonchev–Trinajstić information content (AvgIpc) is 2.62. The van der Waals surface area contributed by atoms with Gasteiger partial charge in [-0.05, 0) is 62.7 Å². The van der Waals surface area contributed by atoms with Crippen LogP contribution in [0, 0.1) is 5.92 Å². The molecule has 0 radical (unpaired) electrons. The van der Waals surface area contributed by atoms with Crippen molar-refractivity contribution < 1.29 is 9.47 Å². The highest BCUT2D eigenvalue weighted by molar-refractivity contribution is 5.41. The number of rotatable bonds is 8. The van der Waals surface area contributed by atoms with Crippen molar-refractivity contribution in [2.24, 2.45) is 5.92 Å². The van der Waals surface area contributed by atoms with E-state index in [1.54, 1.807) is 0 Å². The summed E-state index contributed by atoms with van der Waals surface area (Å²) in [6.07, 6.45) is 10.2. The number of hydrogen-bond donors (Lipinski definition) is 0. The summed E-state index contributed by atoms with van der Waals surface area (Å²) >= 11 is 0. The summed E-state index contributed by atoms with van der Waals surface area (Å²) in [6, 6.07) is 6.23. The molecule has 0 fully saturated rings. The number of hydrogen-bond acceptors (Lipinski definition) is 2. The summed E-state index contributed by atoms with van der Waals surface area (Å²) in [4.78, 5) is 0. The van der Waals surface area contributed by atoms with Gasteiger partial charge in [0.2, 0.25) is 0 Å². The summed E-state index contributed by atoms with van der Waals surface area (Å²) < 4.78 is 11.6. The molecule has 2 nitrogen and oxygen atoms in total. The maximum Gasteiger partial charge on any atom is 0.126 e. The van der Waals surface area contributed by atoms with Gasteiger partial charge >= 0.3 is 0 Å². The van der Waals surface area contributed by atoms with Crippen molar-refractivity contribution in [2.45, 2.75) is 59.8 Å². The van der Waals surface area contributed by atoms with Crippen LogP contribution >= 0.6 is 0 Å². The van der Waals surface area contributed by atoms with E-state index in [2.05, 4.69) is 52.0 Å². The van der Waals surface area contributed by atoms with Gasteiger partial charge < -0.3 is 9.47 Å². The SMILES string of the molecule is CC/C(C)=C/CC(C)/C(=C/COc1ccc2c(c1)OCCC2)CC. The van der Waals surface area contributed by atoms with Crippen LogP contribution in [-0.4, -0.2) is 13.2 Å². The third kappa shape index (κ3) is 5.43. The lowest BCUT2D eigenvalue weighted by Crippen LogP contribution is -2.08. The van der Waals surface area contributed by atoms with E-state index in [9.17, 15) is 0 Å². The Hall–Kier alpha value is -1.70. The van der Waals surface area contributed by atoms with E-state index >= 15 is 0 Å². The van der Waals surface area contributed by atoms with Gasteiger partial charge in [-0.2, -0.15) is 0 Å². The summed E-state index contributed by atoms with van der Waals surface area (Å²) in [5, 5.41) is 0. The molecule has 1 aromatic rings. The third-order valence-electron chi connectivity index (χ3n) is 4.90. The number of fused-ring (bicyclic) bond motifs is 1. The molecule has 0 aromatic heterocycles. The van der Waals surface area contributed by atoms with Crippen molar-refractivity contribution in [2.75, 3.05) is 13.2 Å². The number of aryl methyl sites for hydroxylation is 1. The molecule has 2 rings (SSSR count). The lowest BCUT2D eigenvalue weighted by atomic mass is 9.94. The van der Waals surface area contributed by atoms with Crippen molar-refractivity contribution in [1.29, 1.82) is 0 Å². The molecule has 0 N–H and O–H groups in total. The van der Waals surface area contributed by atoms with Crippen LogP contribution in [0.25, 0.3) is 0 Å². The van der Waals surface area contributed by atoms with Crippen molar-refractivity contribution in [3.63, 3.8) is 0 Å². The van der Waals surface area contributed by atoms with E-state index in [0.29, 0.717) is 12.5 Å². The monoisotopic (exact) mass is 328 g/mol. The molecular weight excluding hydrogens is 296 g/mol. The fourth-order valence-corrected chi connectivity index (χ4v) is 3.02. The van der Waals surface area contributed by atoms with Gasteiger partial charge in [0.15, 0.2) is 0 Å². The van der Waals surface area contributed by atoms with Crippen molar-refractivity contribution >= 4 is 0 Å². The van der Waals surface area contributed by atoms with Gasteiger partial charge in [0.05, 0.1) is 6.61 Å². The zero-order chi connectivity index (χ0) is 17.4. The van der Waals surface area contributed by atoms with Gasteiger partial charge in [-0.25, -0.2) is 0 Å². The Morgan fingerprint density at radius 2 is 2.08 bits per heavy atom. The van der Waals surface area contributed by atoms with Crippen LogP contribution in [0.5, 0.6) is 11.5 Å². The molecular formula is C22H32O2. The topological polar surface area (TPSA) is 18.5 Å². The van der Waals surface area contributed by atoms with Crippen LogP contribution in [0.2, 0.25) is 0 Å². The molecule has 1 heterocycles. The van der Waals surface area contributed by atoms with Gasteiger partial charge in [0.25, 0.3) is 0 Å². The molecule has 1 aliphatic rings. The highest BCUT2D eigenvalue weighted by Crippen LogP contribution is 2.29. The van der Waals surface area contributed by atoms with Crippen LogP contribution in [0.15, 0.2) is 41.5 Å². The molecule has 1 unspecified atom stereocenters. The van der Waals surface area contributed by atoms with E-state index in [4.69, 9.17) is 9.47 Å². The summed E-state index contributed by atoms with van der Waals surface area (Å²) in [5.41, 5.74) is 4.25. The molecule has 1 aromatic carbocycles. The smallest absolute Gasteiger partial charge is 0.126 e. The Balaban J connectivity index is 1.91. The minimum absolute atomic E-state index is 0.576. The molecule has 0 spiro atoms. The molecule has 0 amide bonds. The largest absolute Gasteiger partial charge is 0.493 e. The van der Waals surface area contributed by atoms with Crippen LogP contribution in [-0.2, 0) is 6.42 Å². The molecule has 24 heavy (non-hydrogen) atoms. The number of allylic oxidation sites excluding steroid dienone is 3. The van der Waals surface area contributed by atoms with E-state index in [-0.39, 0.29) is 0 Å². The lowest BCUT2D eigenvalue weighted by molar-refractivity contribution is 0.284. The van der Waals surface area contributed by atoms with E-state index in [0.717, 1.165) is 50.2 Å². The second kappa shape index (κ2) is 9.56. The van der Waals surface area contributed by atoms with E-state index in [1.165, 1.54) is 16.7 Å². The highest BCUT2D eigenvalue weighted by Gasteiger charge is 2.11. The van der Waals surface area contributed by atoms with Crippen LogP contribution in [0.1, 0.15) is 58.9 Å². The standard InChI is InChI=1S/C22H32O2/c1-5-17(3)9-10-18(4)19(6-2)13-15-23-21-12-11-20-8-7-14-24-22(20)16-21/h9,11-13,16,18H,5-8,10,14-15H2,1-4H3/b17-9+,19-13+. The molecule has 2 heteroatoms. The first-order valence-electron chi connectivity index (χ1n) is 9.37. The van der Waals surface area contributed by atoms with Gasteiger partial charge in [0.1, 0.15) is 18.1 Å². The molecule has 1 atom stereocenters. The highest BCUT2D eigenvalue weighted by atomic mass is 16.5. The first-order chi connectivity index (χ1) is 11.6. The quantitative estimate of drug-likeness (QED) is 0.536. The fourth-order valence-electron chi connectivity index (χ4n) is 3.02. The summed E-state index contributed by atoms with van der Waals surface area (Å²) in [6.45, 7) is 10.4. The average molecular weight is 328 g/mol. The summed E-state index contributed by atoms with van der Waals surface area (Å²) in [7, 11) is 0. The molecule has 0 saturated heterocycles. The first-order valence-corrected chi connectivity index (χ1v) is 9.37. The third-order valence-corrected chi connectivity index (χ3v) is 4.90. The van der Waals surface area contributed by atoms with Crippen LogP contribution < -0.4 is 9.47 Å². The second-order valence-electron chi connectivity index (χ2n) is 6.71. The lowest BCUT2D eigenvalue weighted by Gasteiger charge is -2.18. The van der Waals surface area contributed by atoms with Gasteiger partial charge in [-0.15, -0.1) is 0 Å². The fraction of sp³-hybridized carbons (Fsp3) is 0.545. The predicted octanol–water partition coefficient (Wildman–Crippen LogP) is 6.11. The molecule has 132 valence electrons. The second-order valence-corrected chi connectivity index (χ2v) is 6.71. The number of benzene rings is 1. The summed E-state index contributed by atoms with van der Waals surface area (Å²) in [5.74, 6) is 2.47. The normalized spacial score (nSPS) is 16.3. The Kier molecular flexibility index (Phi) is 7.42. The van der Waals surface area contributed by atoms with Crippen LogP contribution in [0.4, 0.5) is 0 Å². The number of ether oxygens (including phenoxy) is 2.